The molecule has 2 aromatic rings. The zero-order valence-electron chi connectivity index (χ0n) is 12.9. The van der Waals surface area contributed by atoms with Crippen LogP contribution in [0.4, 0.5) is 10.5 Å². The van der Waals surface area contributed by atoms with Gasteiger partial charge < -0.3 is 15.5 Å². The van der Waals surface area contributed by atoms with Crippen molar-refractivity contribution in [1.82, 2.24) is 20.4 Å². The summed E-state index contributed by atoms with van der Waals surface area (Å²) in [4.78, 5) is 25.1. The number of hydrogen-bond donors (Lipinski definition) is 3. The maximum absolute atomic E-state index is 12.0. The number of nitrogens with one attached hydrogen (secondary N) is 3. The van der Waals surface area contributed by atoms with E-state index in [1.165, 1.54) is 0 Å². The first-order valence-corrected chi connectivity index (χ1v) is 7.53. The van der Waals surface area contributed by atoms with Gasteiger partial charge in [0.1, 0.15) is 0 Å². The Bertz CT molecular complexity index is 681. The van der Waals surface area contributed by atoms with Gasteiger partial charge in [-0.05, 0) is 30.2 Å². The second-order valence-corrected chi connectivity index (χ2v) is 5.66. The molecule has 0 saturated carbocycles. The molecule has 1 atom stereocenters. The summed E-state index contributed by atoms with van der Waals surface area (Å²) >= 11 is 0. The highest BCUT2D eigenvalue weighted by molar-refractivity contribution is 5.90. The highest BCUT2D eigenvalue weighted by Crippen LogP contribution is 2.19. The number of aromatic amines is 1. The number of nitrogens with zero attached hydrogens (tertiary/aromatic N) is 2. The second kappa shape index (κ2) is 6.51. The fourth-order valence-electron chi connectivity index (χ4n) is 2.63. The highest BCUT2D eigenvalue weighted by Gasteiger charge is 2.23. The van der Waals surface area contributed by atoms with Gasteiger partial charge in [0.05, 0.1) is 5.69 Å². The van der Waals surface area contributed by atoms with Crippen molar-refractivity contribution in [3.63, 3.8) is 0 Å². The van der Waals surface area contributed by atoms with E-state index in [0.717, 1.165) is 11.3 Å². The van der Waals surface area contributed by atoms with Gasteiger partial charge in [0.2, 0.25) is 5.91 Å². The Hall–Kier alpha value is -2.83. The smallest absolute Gasteiger partial charge is 0.319 e. The monoisotopic (exact) mass is 313 g/mol. The predicted molar refractivity (Wildman–Crippen MR) is 86.8 cm³/mol. The molecule has 1 aliphatic heterocycles. The van der Waals surface area contributed by atoms with Crippen molar-refractivity contribution in [2.24, 2.45) is 0 Å². The van der Waals surface area contributed by atoms with Gasteiger partial charge in [-0.1, -0.05) is 12.1 Å². The van der Waals surface area contributed by atoms with E-state index >= 15 is 0 Å². The van der Waals surface area contributed by atoms with Gasteiger partial charge in [-0.2, -0.15) is 5.10 Å². The van der Waals surface area contributed by atoms with Gasteiger partial charge in [0.25, 0.3) is 0 Å². The van der Waals surface area contributed by atoms with Crippen molar-refractivity contribution in [1.29, 1.82) is 0 Å². The number of carbonyl (C=O) groups is 2. The minimum absolute atomic E-state index is 0.0121. The number of anilines is 1. The van der Waals surface area contributed by atoms with E-state index in [1.54, 1.807) is 18.1 Å². The first kappa shape index (κ1) is 15.1. The van der Waals surface area contributed by atoms with Crippen LogP contribution in [-0.4, -0.2) is 46.7 Å². The van der Waals surface area contributed by atoms with Crippen molar-refractivity contribution in [3.8, 4) is 11.3 Å². The SMILES string of the molecule is CN1C[C@H](NC(=O)Nc2ccc(-c3ccn[nH]3)cc2)CCC1=O. The van der Waals surface area contributed by atoms with E-state index in [9.17, 15) is 9.59 Å². The molecule has 3 rings (SSSR count). The number of likely N-dealkylation sites (tertiary alicyclic amines) is 1. The summed E-state index contributed by atoms with van der Waals surface area (Å²) < 4.78 is 0. The van der Waals surface area contributed by atoms with E-state index < -0.39 is 0 Å². The molecule has 7 nitrogen and oxygen atoms in total. The fourth-order valence-corrected chi connectivity index (χ4v) is 2.63. The van der Waals surface area contributed by atoms with Crippen LogP contribution in [0.1, 0.15) is 12.8 Å². The summed E-state index contributed by atoms with van der Waals surface area (Å²) in [5.74, 6) is 0.123. The lowest BCUT2D eigenvalue weighted by atomic mass is 10.1. The first-order valence-electron chi connectivity index (χ1n) is 7.53. The number of hydrogen-bond acceptors (Lipinski definition) is 3. The van der Waals surface area contributed by atoms with E-state index in [1.807, 2.05) is 30.3 Å². The van der Waals surface area contributed by atoms with Gasteiger partial charge in [-0.3, -0.25) is 9.89 Å². The molecule has 0 spiro atoms. The quantitative estimate of drug-likeness (QED) is 0.807. The van der Waals surface area contributed by atoms with E-state index in [-0.39, 0.29) is 18.0 Å². The summed E-state index contributed by atoms with van der Waals surface area (Å²) in [5.41, 5.74) is 2.64. The third kappa shape index (κ3) is 3.68. The zero-order chi connectivity index (χ0) is 16.2. The molecular formula is C16H19N5O2. The molecule has 1 fully saturated rings. The number of H-pyrrole nitrogens is 1. The third-order valence-corrected chi connectivity index (χ3v) is 3.92. The summed E-state index contributed by atoms with van der Waals surface area (Å²) in [6.07, 6.45) is 2.84. The molecule has 0 radical (unpaired) electrons. The lowest BCUT2D eigenvalue weighted by Crippen LogP contribution is -2.49. The Labute approximate surface area is 134 Å². The van der Waals surface area contributed by atoms with Crippen LogP contribution in [0.15, 0.2) is 36.5 Å². The molecule has 2 heterocycles. The number of aromatic nitrogens is 2. The van der Waals surface area contributed by atoms with Crippen LogP contribution >= 0.6 is 0 Å². The van der Waals surface area contributed by atoms with Gasteiger partial charge in [-0.15, -0.1) is 0 Å². The van der Waals surface area contributed by atoms with Crippen molar-refractivity contribution >= 4 is 17.6 Å². The Morgan fingerprint density at radius 1 is 1.30 bits per heavy atom. The van der Waals surface area contributed by atoms with Gasteiger partial charge in [-0.25, -0.2) is 4.79 Å². The maximum atomic E-state index is 12.0. The van der Waals surface area contributed by atoms with E-state index in [4.69, 9.17) is 0 Å². The van der Waals surface area contributed by atoms with Gasteiger partial charge >= 0.3 is 6.03 Å². The Balaban J connectivity index is 1.55. The Kier molecular flexibility index (Phi) is 4.27. The lowest BCUT2D eigenvalue weighted by molar-refractivity contribution is -0.132. The Morgan fingerprint density at radius 2 is 2.09 bits per heavy atom. The predicted octanol–water partition coefficient (Wildman–Crippen LogP) is 1.82. The number of amides is 3. The molecule has 3 amide bonds. The summed E-state index contributed by atoms with van der Waals surface area (Å²) in [5, 5.41) is 12.5. The largest absolute Gasteiger partial charge is 0.344 e. The van der Waals surface area contributed by atoms with Gasteiger partial charge in [0, 0.05) is 37.9 Å². The van der Waals surface area contributed by atoms with Crippen molar-refractivity contribution in [2.45, 2.75) is 18.9 Å². The molecule has 1 saturated heterocycles. The summed E-state index contributed by atoms with van der Waals surface area (Å²) in [6, 6.07) is 9.12. The summed E-state index contributed by atoms with van der Waals surface area (Å²) in [6.45, 7) is 0.547. The first-order chi connectivity index (χ1) is 11.1. The van der Waals surface area contributed by atoms with Crippen molar-refractivity contribution < 1.29 is 9.59 Å². The fraction of sp³-hybridized carbons (Fsp3) is 0.312. The van der Waals surface area contributed by atoms with Crippen LogP contribution in [0.3, 0.4) is 0 Å². The number of urea groups is 1. The molecular weight excluding hydrogens is 294 g/mol. The Morgan fingerprint density at radius 3 is 2.74 bits per heavy atom. The van der Waals surface area contributed by atoms with Crippen LogP contribution in [0.25, 0.3) is 11.3 Å². The minimum Gasteiger partial charge on any atom is -0.344 e. The van der Waals surface area contributed by atoms with Crippen LogP contribution in [0, 0.1) is 0 Å². The zero-order valence-corrected chi connectivity index (χ0v) is 12.9. The lowest BCUT2D eigenvalue weighted by Gasteiger charge is -2.30. The number of rotatable bonds is 3. The number of likely N-dealkylation sites (N-methyl/N-ethyl adjacent to an activating group) is 1. The molecule has 0 bridgehead atoms. The number of piperidine rings is 1. The minimum atomic E-state index is -0.257. The molecule has 1 aromatic heterocycles. The number of benzene rings is 1. The maximum Gasteiger partial charge on any atom is 0.319 e. The van der Waals surface area contributed by atoms with Crippen molar-refractivity contribution in [2.75, 3.05) is 18.9 Å². The van der Waals surface area contributed by atoms with Crippen LogP contribution in [-0.2, 0) is 4.79 Å². The molecule has 3 N–H and O–H groups in total. The van der Waals surface area contributed by atoms with Crippen LogP contribution in [0.5, 0.6) is 0 Å². The average molecular weight is 313 g/mol. The molecule has 1 aromatic carbocycles. The topological polar surface area (TPSA) is 90.1 Å². The highest BCUT2D eigenvalue weighted by atomic mass is 16.2. The van der Waals surface area contributed by atoms with Crippen LogP contribution in [0.2, 0.25) is 0 Å². The van der Waals surface area contributed by atoms with Crippen LogP contribution < -0.4 is 10.6 Å². The standard InChI is InChI=1S/C16H19N5O2/c1-21-10-13(6-7-15(21)22)19-16(23)18-12-4-2-11(3-5-12)14-8-9-17-20-14/h2-5,8-9,13H,6-7,10H2,1H3,(H,17,20)(H2,18,19,23)/t13-/m1/s1. The normalized spacial score (nSPS) is 17.9. The van der Waals surface area contributed by atoms with E-state index in [2.05, 4.69) is 20.8 Å². The molecule has 120 valence electrons. The van der Waals surface area contributed by atoms with Crippen molar-refractivity contribution in [3.05, 3.63) is 36.5 Å². The number of carbonyl (C=O) groups excluding carboxylic acids is 2. The summed E-state index contributed by atoms with van der Waals surface area (Å²) in [7, 11) is 1.75. The molecule has 23 heavy (non-hydrogen) atoms. The third-order valence-electron chi connectivity index (χ3n) is 3.92. The van der Waals surface area contributed by atoms with E-state index in [0.29, 0.717) is 25.1 Å². The molecule has 1 aliphatic rings. The molecule has 0 unspecified atom stereocenters. The average Bonchev–Trinajstić information content (AvgIpc) is 3.06. The molecule has 7 heteroatoms. The molecule has 0 aliphatic carbocycles. The van der Waals surface area contributed by atoms with Gasteiger partial charge in [0.15, 0.2) is 0 Å². The second-order valence-electron chi connectivity index (χ2n) is 5.66.